The van der Waals surface area contributed by atoms with Crippen molar-refractivity contribution in [3.8, 4) is 0 Å². The van der Waals surface area contributed by atoms with Crippen LogP contribution < -0.4 is 5.32 Å². The van der Waals surface area contributed by atoms with Crippen molar-refractivity contribution < 1.29 is 9.85 Å². The number of benzene rings is 1. The molecule has 0 unspecified atom stereocenters. The summed E-state index contributed by atoms with van der Waals surface area (Å²) in [4.78, 5) is 21.4. The molecule has 7 nitrogen and oxygen atoms in total. The van der Waals surface area contributed by atoms with Crippen LogP contribution in [0.5, 0.6) is 0 Å². The van der Waals surface area contributed by atoms with Crippen molar-refractivity contribution >= 4 is 11.8 Å². The maximum Gasteiger partial charge on any atom is 0.287 e. The van der Waals surface area contributed by atoms with Gasteiger partial charge in [0.15, 0.2) is 5.03 Å². The highest BCUT2D eigenvalue weighted by Gasteiger charge is 2.30. The molecule has 0 atom stereocenters. The summed E-state index contributed by atoms with van der Waals surface area (Å²) in [6.07, 6.45) is 0.912. The first-order chi connectivity index (χ1) is 9.49. The van der Waals surface area contributed by atoms with E-state index in [1.807, 2.05) is 31.2 Å². The van der Waals surface area contributed by atoms with Crippen LogP contribution in [0.25, 0.3) is 0 Å². The van der Waals surface area contributed by atoms with Gasteiger partial charge in [-0.1, -0.05) is 30.0 Å². The predicted octanol–water partition coefficient (Wildman–Crippen LogP) is 2.64. The molecule has 1 aromatic rings. The summed E-state index contributed by atoms with van der Waals surface area (Å²) in [7, 11) is 0. The molecule has 8 heteroatoms. The van der Waals surface area contributed by atoms with Crippen molar-refractivity contribution in [1.29, 1.82) is 0 Å². The second-order valence-electron chi connectivity index (χ2n) is 4.11. The van der Waals surface area contributed by atoms with Crippen molar-refractivity contribution in [1.82, 2.24) is 5.32 Å². The van der Waals surface area contributed by atoms with E-state index in [1.165, 1.54) is 18.0 Å². The normalized spacial score (nSPS) is 14.6. The van der Waals surface area contributed by atoms with Crippen molar-refractivity contribution in [3.05, 3.63) is 72.7 Å². The van der Waals surface area contributed by atoms with E-state index in [1.54, 1.807) is 0 Å². The molecular formula is C12H11N3O4S. The fraction of sp³-hybridized carbons (Fsp3) is 0.167. The zero-order valence-electron chi connectivity index (χ0n) is 10.5. The van der Waals surface area contributed by atoms with Crippen LogP contribution in [0.3, 0.4) is 0 Å². The molecule has 1 aliphatic rings. The van der Waals surface area contributed by atoms with Crippen LogP contribution in [0, 0.1) is 27.2 Å². The Morgan fingerprint density at radius 3 is 2.50 bits per heavy atom. The van der Waals surface area contributed by atoms with Gasteiger partial charge < -0.3 is 5.32 Å². The zero-order valence-corrected chi connectivity index (χ0v) is 11.3. The molecule has 1 aliphatic heterocycles. The first-order valence-corrected chi connectivity index (χ1v) is 6.51. The molecule has 0 saturated heterocycles. The molecule has 104 valence electrons. The Labute approximate surface area is 118 Å². The summed E-state index contributed by atoms with van der Waals surface area (Å²) >= 11 is 1.20. The third kappa shape index (κ3) is 2.97. The highest BCUT2D eigenvalue weighted by molar-refractivity contribution is 8.03. The smallest absolute Gasteiger partial charge is 0.287 e. The number of hydrogen-bond acceptors (Lipinski definition) is 6. The Balaban J connectivity index is 2.29. The summed E-state index contributed by atoms with van der Waals surface area (Å²) < 4.78 is 0. The van der Waals surface area contributed by atoms with Crippen molar-refractivity contribution in [2.45, 2.75) is 18.2 Å². The minimum atomic E-state index is -0.619. The van der Waals surface area contributed by atoms with E-state index in [9.17, 15) is 20.2 Å². The quantitative estimate of drug-likeness (QED) is 0.677. The molecule has 0 bridgehead atoms. The predicted molar refractivity (Wildman–Crippen MR) is 73.9 cm³/mol. The molecule has 1 aromatic carbocycles. The molecule has 1 heterocycles. The molecule has 1 N–H and O–H groups in total. The van der Waals surface area contributed by atoms with Crippen LogP contribution in [0.15, 0.2) is 51.8 Å². The zero-order chi connectivity index (χ0) is 14.7. The summed E-state index contributed by atoms with van der Waals surface area (Å²) in [5, 5.41) is 24.7. The van der Waals surface area contributed by atoms with Crippen LogP contribution in [0.2, 0.25) is 0 Å². The molecule has 0 saturated carbocycles. The van der Waals surface area contributed by atoms with Gasteiger partial charge in [-0.25, -0.2) is 0 Å². The van der Waals surface area contributed by atoms with E-state index >= 15 is 0 Å². The van der Waals surface area contributed by atoms with Gasteiger partial charge in [-0.2, -0.15) is 0 Å². The van der Waals surface area contributed by atoms with E-state index in [0.717, 1.165) is 10.5 Å². The van der Waals surface area contributed by atoms with Crippen LogP contribution in [-0.2, 0) is 0 Å². The fourth-order valence-electron chi connectivity index (χ4n) is 1.67. The third-order valence-corrected chi connectivity index (χ3v) is 3.98. The third-order valence-electron chi connectivity index (χ3n) is 2.74. The Hall–Kier alpha value is -2.35. The highest BCUT2D eigenvalue weighted by atomic mass is 32.2. The Morgan fingerprint density at radius 1 is 1.20 bits per heavy atom. The lowest BCUT2D eigenvalue weighted by atomic mass is 10.2. The van der Waals surface area contributed by atoms with Gasteiger partial charge in [-0.15, -0.1) is 0 Å². The van der Waals surface area contributed by atoms with E-state index in [-0.39, 0.29) is 17.8 Å². The summed E-state index contributed by atoms with van der Waals surface area (Å²) in [5.74, 6) is 0. The molecule has 0 amide bonds. The van der Waals surface area contributed by atoms with E-state index in [4.69, 9.17) is 0 Å². The second-order valence-corrected chi connectivity index (χ2v) is 5.17. The number of hydrogen-bond donors (Lipinski definition) is 1. The lowest BCUT2D eigenvalue weighted by Gasteiger charge is -2.13. The lowest BCUT2D eigenvalue weighted by molar-refractivity contribution is -0.451. The van der Waals surface area contributed by atoms with Gasteiger partial charge >= 0.3 is 0 Å². The highest BCUT2D eigenvalue weighted by Crippen LogP contribution is 2.33. The van der Waals surface area contributed by atoms with Crippen molar-refractivity contribution in [2.24, 2.45) is 0 Å². The van der Waals surface area contributed by atoms with Crippen LogP contribution in [-0.4, -0.2) is 9.85 Å². The summed E-state index contributed by atoms with van der Waals surface area (Å²) in [6, 6.07) is 7.46. The topological polar surface area (TPSA) is 98.3 Å². The minimum Gasteiger partial charge on any atom is -0.345 e. The van der Waals surface area contributed by atoms with Gasteiger partial charge in [-0.05, 0) is 18.6 Å². The molecule has 0 spiro atoms. The largest absolute Gasteiger partial charge is 0.345 e. The number of rotatable bonds is 4. The van der Waals surface area contributed by atoms with Gasteiger partial charge in [0.1, 0.15) is 6.42 Å². The fourth-order valence-corrected chi connectivity index (χ4v) is 2.65. The average molecular weight is 293 g/mol. The Kier molecular flexibility index (Phi) is 4.04. The van der Waals surface area contributed by atoms with Gasteiger partial charge in [0, 0.05) is 4.90 Å². The average Bonchev–Trinajstić information content (AvgIpc) is 2.41. The van der Waals surface area contributed by atoms with Gasteiger partial charge in [0.25, 0.3) is 11.4 Å². The SMILES string of the molecule is Cc1ccccc1SC1=C([N+](=O)[O-])CC([N+](=O)[O-])=CN1. The number of nitrogens with zero attached hydrogens (tertiary/aromatic N) is 2. The van der Waals surface area contributed by atoms with E-state index in [2.05, 4.69) is 5.32 Å². The number of nitro groups is 2. The standard InChI is InChI=1S/C12H11N3O4S/c1-8-4-2-3-5-11(8)20-12-10(15(18)19)6-9(7-13-12)14(16)17/h2-5,7,13H,6H2,1H3. The second kappa shape index (κ2) is 5.74. The van der Waals surface area contributed by atoms with Crippen LogP contribution in [0.4, 0.5) is 0 Å². The Morgan fingerprint density at radius 2 is 1.90 bits per heavy atom. The van der Waals surface area contributed by atoms with Gasteiger partial charge in [-0.3, -0.25) is 20.2 Å². The molecule has 0 fully saturated rings. The lowest BCUT2D eigenvalue weighted by Crippen LogP contribution is -2.20. The molecular weight excluding hydrogens is 282 g/mol. The van der Waals surface area contributed by atoms with Crippen LogP contribution in [0.1, 0.15) is 12.0 Å². The monoisotopic (exact) mass is 293 g/mol. The number of dihydropyridines is 1. The van der Waals surface area contributed by atoms with Crippen molar-refractivity contribution in [2.75, 3.05) is 0 Å². The van der Waals surface area contributed by atoms with E-state index in [0.29, 0.717) is 5.03 Å². The molecule has 0 aliphatic carbocycles. The molecule has 2 rings (SSSR count). The summed E-state index contributed by atoms with van der Waals surface area (Å²) in [5.41, 5.74) is 0.580. The number of thioether (sulfide) groups is 1. The van der Waals surface area contributed by atoms with E-state index < -0.39 is 9.85 Å². The first-order valence-electron chi connectivity index (χ1n) is 5.70. The first kappa shape index (κ1) is 14.1. The Bertz CT molecular complexity index is 639. The summed E-state index contributed by atoms with van der Waals surface area (Å²) in [6.45, 7) is 1.90. The maximum atomic E-state index is 11.1. The molecule has 0 radical (unpaired) electrons. The van der Waals surface area contributed by atoms with Gasteiger partial charge in [0.2, 0.25) is 0 Å². The number of aryl methyl sites for hydroxylation is 1. The van der Waals surface area contributed by atoms with Crippen molar-refractivity contribution in [3.63, 3.8) is 0 Å². The maximum absolute atomic E-state index is 11.1. The number of nitrogens with one attached hydrogen (secondary N) is 1. The molecule has 0 aromatic heterocycles. The van der Waals surface area contributed by atoms with Gasteiger partial charge in [0.05, 0.1) is 16.0 Å². The van der Waals surface area contributed by atoms with Crippen LogP contribution >= 0.6 is 11.8 Å². The minimum absolute atomic E-state index is 0.188. The molecule has 20 heavy (non-hydrogen) atoms.